The summed E-state index contributed by atoms with van der Waals surface area (Å²) in [6.07, 6.45) is 2.46. The molecule has 0 atom stereocenters. The van der Waals surface area contributed by atoms with Crippen molar-refractivity contribution in [3.05, 3.63) is 57.9 Å². The van der Waals surface area contributed by atoms with E-state index < -0.39 is 11.5 Å². The van der Waals surface area contributed by atoms with Gasteiger partial charge in [-0.2, -0.15) is 0 Å². The van der Waals surface area contributed by atoms with E-state index in [9.17, 15) is 9.59 Å². The molecule has 0 saturated heterocycles. The molecule has 2 aromatic heterocycles. The Morgan fingerprint density at radius 1 is 0.650 bits per heavy atom. The molecule has 0 saturated carbocycles. The molecule has 3 aromatic rings. The van der Waals surface area contributed by atoms with E-state index in [-0.39, 0.29) is 0 Å². The Balaban J connectivity index is 1.95. The van der Waals surface area contributed by atoms with E-state index in [1.807, 2.05) is 0 Å². The standard InChI is InChI=1S/C12H6N4O4/c17-11-15-13-9(5-19-11)7-1-2-8(4-3-7)10-6-20-12(18)16-14-10/h1-6H. The Morgan fingerprint density at radius 2 is 1.05 bits per heavy atom. The van der Waals surface area contributed by atoms with Crippen molar-refractivity contribution in [2.75, 3.05) is 0 Å². The lowest BCUT2D eigenvalue weighted by molar-refractivity contribution is 0.468. The molecule has 98 valence electrons. The van der Waals surface area contributed by atoms with Crippen molar-refractivity contribution in [3.63, 3.8) is 0 Å². The number of benzene rings is 1. The van der Waals surface area contributed by atoms with Crippen LogP contribution in [0.25, 0.3) is 22.5 Å². The van der Waals surface area contributed by atoms with Crippen LogP contribution in [0, 0.1) is 0 Å². The summed E-state index contributed by atoms with van der Waals surface area (Å²) in [7, 11) is 0. The van der Waals surface area contributed by atoms with Gasteiger partial charge in [-0.1, -0.05) is 34.5 Å². The van der Waals surface area contributed by atoms with Crippen LogP contribution in [-0.2, 0) is 0 Å². The minimum Gasteiger partial charge on any atom is -0.413 e. The highest BCUT2D eigenvalue weighted by atomic mass is 16.4. The van der Waals surface area contributed by atoms with Crippen LogP contribution in [0.4, 0.5) is 0 Å². The summed E-state index contributed by atoms with van der Waals surface area (Å²) < 4.78 is 9.28. The lowest BCUT2D eigenvalue weighted by atomic mass is 10.1. The molecular formula is C12H6N4O4. The minimum atomic E-state index is -0.750. The molecule has 0 spiro atoms. The SMILES string of the molecule is O=c1nnc(-c2ccc(-c3coc(=O)nn3)cc2)co1. The van der Waals surface area contributed by atoms with Crippen LogP contribution in [0.5, 0.6) is 0 Å². The molecule has 0 aliphatic rings. The van der Waals surface area contributed by atoms with Gasteiger partial charge in [-0.15, -0.1) is 10.2 Å². The summed E-state index contributed by atoms with van der Waals surface area (Å²) >= 11 is 0. The predicted molar refractivity (Wildman–Crippen MR) is 65.6 cm³/mol. The van der Waals surface area contributed by atoms with Gasteiger partial charge in [-0.25, -0.2) is 9.59 Å². The fourth-order valence-corrected chi connectivity index (χ4v) is 1.56. The predicted octanol–water partition coefficient (Wildman–Crippen LogP) is 0.507. The fraction of sp³-hybridized carbons (Fsp3) is 0. The maximum atomic E-state index is 10.7. The Hall–Kier alpha value is -3.16. The van der Waals surface area contributed by atoms with E-state index in [1.165, 1.54) is 12.5 Å². The maximum Gasteiger partial charge on any atom is 0.457 e. The van der Waals surface area contributed by atoms with Crippen LogP contribution in [0.2, 0.25) is 0 Å². The average Bonchev–Trinajstić information content (AvgIpc) is 2.49. The Morgan fingerprint density at radius 3 is 1.35 bits per heavy atom. The van der Waals surface area contributed by atoms with Gasteiger partial charge in [-0.3, -0.25) is 0 Å². The highest BCUT2D eigenvalue weighted by molar-refractivity contribution is 5.64. The second-order valence-electron chi connectivity index (χ2n) is 3.75. The molecular weight excluding hydrogens is 264 g/mol. The van der Waals surface area contributed by atoms with Crippen molar-refractivity contribution in [2.45, 2.75) is 0 Å². The van der Waals surface area contributed by atoms with Crippen LogP contribution in [0.3, 0.4) is 0 Å². The van der Waals surface area contributed by atoms with E-state index >= 15 is 0 Å². The van der Waals surface area contributed by atoms with Gasteiger partial charge in [0, 0.05) is 11.1 Å². The number of hydrogen-bond acceptors (Lipinski definition) is 8. The summed E-state index contributed by atoms with van der Waals surface area (Å²) in [5, 5.41) is 14.0. The largest absolute Gasteiger partial charge is 0.457 e. The van der Waals surface area contributed by atoms with Gasteiger partial charge in [0.2, 0.25) is 0 Å². The van der Waals surface area contributed by atoms with Gasteiger partial charge in [0.05, 0.1) is 0 Å². The smallest absolute Gasteiger partial charge is 0.413 e. The van der Waals surface area contributed by atoms with Crippen molar-refractivity contribution >= 4 is 0 Å². The Bertz CT molecular complexity index is 741. The van der Waals surface area contributed by atoms with Crippen molar-refractivity contribution in [2.24, 2.45) is 0 Å². The molecule has 0 amide bonds. The lowest BCUT2D eigenvalue weighted by Gasteiger charge is -2.01. The molecule has 3 rings (SSSR count). The second kappa shape index (κ2) is 4.84. The number of hydrogen-bond donors (Lipinski definition) is 0. The van der Waals surface area contributed by atoms with E-state index in [1.54, 1.807) is 24.3 Å². The summed E-state index contributed by atoms with van der Waals surface area (Å²) in [6.45, 7) is 0. The van der Waals surface area contributed by atoms with Crippen molar-refractivity contribution in [1.29, 1.82) is 0 Å². The Labute approximate surface area is 110 Å². The first-order chi connectivity index (χ1) is 9.72. The molecule has 1 aromatic carbocycles. The van der Waals surface area contributed by atoms with Crippen molar-refractivity contribution < 1.29 is 8.83 Å². The second-order valence-corrected chi connectivity index (χ2v) is 3.75. The van der Waals surface area contributed by atoms with Gasteiger partial charge in [-0.05, 0) is 0 Å². The monoisotopic (exact) mass is 270 g/mol. The van der Waals surface area contributed by atoms with Crippen molar-refractivity contribution in [1.82, 2.24) is 20.4 Å². The fourth-order valence-electron chi connectivity index (χ4n) is 1.56. The topological polar surface area (TPSA) is 112 Å². The highest BCUT2D eigenvalue weighted by Gasteiger charge is 2.05. The summed E-state index contributed by atoms with van der Waals surface area (Å²) in [4.78, 5) is 21.5. The first-order valence-corrected chi connectivity index (χ1v) is 5.48. The average molecular weight is 270 g/mol. The highest BCUT2D eigenvalue weighted by Crippen LogP contribution is 2.20. The van der Waals surface area contributed by atoms with E-state index in [0.717, 1.165) is 11.1 Å². The quantitative estimate of drug-likeness (QED) is 0.661. The normalized spacial score (nSPS) is 10.4. The minimum absolute atomic E-state index is 0.432. The molecule has 0 N–H and O–H groups in total. The number of aromatic nitrogens is 4. The third-order valence-electron chi connectivity index (χ3n) is 2.50. The van der Waals surface area contributed by atoms with E-state index in [2.05, 4.69) is 29.2 Å². The maximum absolute atomic E-state index is 10.7. The van der Waals surface area contributed by atoms with Crippen LogP contribution in [0.15, 0.2) is 55.2 Å². The Kier molecular flexibility index (Phi) is 2.88. The zero-order valence-corrected chi connectivity index (χ0v) is 9.89. The number of nitrogens with zero attached hydrogens (tertiary/aromatic N) is 4. The molecule has 2 heterocycles. The molecule has 0 fully saturated rings. The van der Waals surface area contributed by atoms with E-state index in [4.69, 9.17) is 0 Å². The van der Waals surface area contributed by atoms with Crippen LogP contribution in [0.1, 0.15) is 0 Å². The molecule has 0 aliphatic heterocycles. The molecule has 8 heteroatoms. The van der Waals surface area contributed by atoms with Gasteiger partial charge in [0.15, 0.2) is 0 Å². The zero-order chi connectivity index (χ0) is 13.9. The van der Waals surface area contributed by atoms with Gasteiger partial charge < -0.3 is 8.83 Å². The number of rotatable bonds is 2. The van der Waals surface area contributed by atoms with Crippen LogP contribution >= 0.6 is 0 Å². The van der Waals surface area contributed by atoms with Crippen LogP contribution in [-0.4, -0.2) is 20.4 Å². The van der Waals surface area contributed by atoms with Crippen LogP contribution < -0.4 is 11.5 Å². The summed E-state index contributed by atoms with van der Waals surface area (Å²) in [5.41, 5.74) is 2.30. The first-order valence-electron chi connectivity index (χ1n) is 5.48. The third-order valence-corrected chi connectivity index (χ3v) is 2.50. The molecule has 0 bridgehead atoms. The lowest BCUT2D eigenvalue weighted by Crippen LogP contribution is -2.06. The summed E-state index contributed by atoms with van der Waals surface area (Å²) in [5.74, 6) is -1.50. The van der Waals surface area contributed by atoms with Gasteiger partial charge in [0.1, 0.15) is 23.9 Å². The first kappa shape index (κ1) is 11.9. The zero-order valence-electron chi connectivity index (χ0n) is 9.89. The van der Waals surface area contributed by atoms with Gasteiger partial charge >= 0.3 is 11.5 Å². The molecule has 0 radical (unpaired) electrons. The van der Waals surface area contributed by atoms with E-state index in [0.29, 0.717) is 11.4 Å². The molecule has 8 nitrogen and oxygen atoms in total. The molecule has 0 aliphatic carbocycles. The summed E-state index contributed by atoms with van der Waals surface area (Å²) in [6, 6.07) is 6.97. The van der Waals surface area contributed by atoms with Crippen molar-refractivity contribution in [3.8, 4) is 22.5 Å². The molecule has 20 heavy (non-hydrogen) atoms. The molecule has 0 unspecified atom stereocenters. The van der Waals surface area contributed by atoms with Gasteiger partial charge in [0.25, 0.3) is 0 Å². The third kappa shape index (κ3) is 2.34.